The molecule has 0 saturated carbocycles. The van der Waals surface area contributed by atoms with Crippen molar-refractivity contribution in [1.82, 2.24) is 14.8 Å². The van der Waals surface area contributed by atoms with Crippen LogP contribution in [0.25, 0.3) is 0 Å². The number of amides is 1. The molecule has 1 aliphatic heterocycles. The summed E-state index contributed by atoms with van der Waals surface area (Å²) in [4.78, 5) is 21.9. The van der Waals surface area contributed by atoms with E-state index in [4.69, 9.17) is 4.42 Å². The van der Waals surface area contributed by atoms with E-state index in [1.54, 1.807) is 6.26 Å². The second kappa shape index (κ2) is 6.62. The number of nitrogens with zero attached hydrogens (tertiary/aromatic N) is 3. The Morgan fingerprint density at radius 3 is 2.73 bits per heavy atom. The smallest absolute Gasteiger partial charge is 0.264 e. The summed E-state index contributed by atoms with van der Waals surface area (Å²) in [6.07, 6.45) is 1.75. The molecule has 0 atom stereocenters. The first-order valence-electron chi connectivity index (χ1n) is 7.63. The van der Waals surface area contributed by atoms with Crippen molar-refractivity contribution in [3.05, 3.63) is 40.2 Å². The number of hydrogen-bond donors (Lipinski definition) is 0. The average molecular weight is 319 g/mol. The van der Waals surface area contributed by atoms with Crippen molar-refractivity contribution in [2.45, 2.75) is 26.3 Å². The standard InChI is InChI=1S/C16H21N3O2S/c1-12(2)15-17-13(11-21-15)10-18-5-7-19(8-6-18)16(20)14-4-3-9-22-14/h3-4,9,11-12H,5-8,10H2,1-2H3. The van der Waals surface area contributed by atoms with Gasteiger partial charge in [-0.2, -0.15) is 0 Å². The lowest BCUT2D eigenvalue weighted by atomic mass is 10.2. The van der Waals surface area contributed by atoms with Crippen LogP contribution < -0.4 is 0 Å². The topological polar surface area (TPSA) is 49.6 Å². The quantitative estimate of drug-likeness (QED) is 0.869. The molecule has 0 bridgehead atoms. The van der Waals surface area contributed by atoms with Gasteiger partial charge in [0, 0.05) is 38.6 Å². The van der Waals surface area contributed by atoms with Gasteiger partial charge in [0.15, 0.2) is 5.89 Å². The van der Waals surface area contributed by atoms with Crippen molar-refractivity contribution in [2.24, 2.45) is 0 Å². The fraction of sp³-hybridized carbons (Fsp3) is 0.500. The first kappa shape index (κ1) is 15.2. The summed E-state index contributed by atoms with van der Waals surface area (Å²) in [6, 6.07) is 3.81. The minimum Gasteiger partial charge on any atom is -0.448 e. The average Bonchev–Trinajstić information content (AvgIpc) is 3.19. The number of carbonyl (C=O) groups is 1. The molecule has 0 N–H and O–H groups in total. The Hall–Kier alpha value is -1.66. The Balaban J connectivity index is 1.52. The lowest BCUT2D eigenvalue weighted by Gasteiger charge is -2.34. The molecular weight excluding hydrogens is 298 g/mol. The molecular formula is C16H21N3O2S. The predicted molar refractivity (Wildman–Crippen MR) is 86.1 cm³/mol. The summed E-state index contributed by atoms with van der Waals surface area (Å²) in [7, 11) is 0. The highest BCUT2D eigenvalue weighted by atomic mass is 32.1. The molecule has 3 rings (SSSR count). The minimum absolute atomic E-state index is 0.151. The number of thiophene rings is 1. The van der Waals surface area contributed by atoms with Crippen LogP contribution in [0.1, 0.15) is 41.0 Å². The number of rotatable bonds is 4. The molecule has 0 aliphatic carbocycles. The zero-order valence-corrected chi connectivity index (χ0v) is 13.8. The van der Waals surface area contributed by atoms with Gasteiger partial charge in [-0.25, -0.2) is 4.98 Å². The molecule has 0 unspecified atom stereocenters. The molecule has 0 radical (unpaired) electrons. The fourth-order valence-corrected chi connectivity index (χ4v) is 3.25. The molecule has 22 heavy (non-hydrogen) atoms. The molecule has 1 fully saturated rings. The van der Waals surface area contributed by atoms with Crippen LogP contribution in [0.3, 0.4) is 0 Å². The molecule has 1 aliphatic rings. The summed E-state index contributed by atoms with van der Waals surface area (Å²) in [5, 5.41) is 1.94. The normalized spacial score (nSPS) is 16.4. The van der Waals surface area contributed by atoms with E-state index in [9.17, 15) is 4.79 Å². The van der Waals surface area contributed by atoms with Crippen LogP contribution in [0.15, 0.2) is 28.2 Å². The van der Waals surface area contributed by atoms with E-state index in [2.05, 4.69) is 23.7 Å². The van der Waals surface area contributed by atoms with Crippen LogP contribution in [-0.2, 0) is 6.54 Å². The van der Waals surface area contributed by atoms with Crippen LogP contribution in [0.5, 0.6) is 0 Å². The lowest BCUT2D eigenvalue weighted by Crippen LogP contribution is -2.48. The maximum atomic E-state index is 12.3. The van der Waals surface area contributed by atoms with Gasteiger partial charge in [-0.1, -0.05) is 19.9 Å². The highest BCUT2D eigenvalue weighted by Crippen LogP contribution is 2.17. The molecule has 0 spiro atoms. The van der Waals surface area contributed by atoms with Crippen LogP contribution >= 0.6 is 11.3 Å². The van der Waals surface area contributed by atoms with Crippen molar-refractivity contribution in [3.63, 3.8) is 0 Å². The Morgan fingerprint density at radius 2 is 2.14 bits per heavy atom. The van der Waals surface area contributed by atoms with E-state index in [0.717, 1.165) is 49.2 Å². The number of oxazole rings is 1. The van der Waals surface area contributed by atoms with Crippen LogP contribution in [0, 0.1) is 0 Å². The van der Waals surface area contributed by atoms with E-state index >= 15 is 0 Å². The van der Waals surface area contributed by atoms with E-state index < -0.39 is 0 Å². The molecule has 0 aromatic carbocycles. The van der Waals surface area contributed by atoms with Gasteiger partial charge >= 0.3 is 0 Å². The summed E-state index contributed by atoms with van der Waals surface area (Å²) < 4.78 is 5.47. The second-order valence-corrected chi connectivity index (χ2v) is 6.83. The molecule has 6 heteroatoms. The maximum absolute atomic E-state index is 12.3. The third-order valence-electron chi connectivity index (χ3n) is 3.84. The number of hydrogen-bond acceptors (Lipinski definition) is 5. The first-order valence-corrected chi connectivity index (χ1v) is 8.51. The van der Waals surface area contributed by atoms with Crippen LogP contribution in [-0.4, -0.2) is 46.9 Å². The van der Waals surface area contributed by atoms with Crippen molar-refractivity contribution in [2.75, 3.05) is 26.2 Å². The maximum Gasteiger partial charge on any atom is 0.264 e. The first-order chi connectivity index (χ1) is 10.6. The van der Waals surface area contributed by atoms with Gasteiger partial charge < -0.3 is 9.32 Å². The summed E-state index contributed by atoms with van der Waals surface area (Å²) in [6.45, 7) is 8.23. The van der Waals surface area contributed by atoms with Crippen LogP contribution in [0.2, 0.25) is 0 Å². The third kappa shape index (κ3) is 3.39. The van der Waals surface area contributed by atoms with Gasteiger partial charge in [0.1, 0.15) is 6.26 Å². The second-order valence-electron chi connectivity index (χ2n) is 5.88. The molecule has 118 valence electrons. The van der Waals surface area contributed by atoms with Crippen molar-refractivity contribution in [1.29, 1.82) is 0 Å². The van der Waals surface area contributed by atoms with E-state index in [1.165, 1.54) is 11.3 Å². The zero-order chi connectivity index (χ0) is 15.5. The van der Waals surface area contributed by atoms with Gasteiger partial charge in [0.25, 0.3) is 5.91 Å². The number of piperazine rings is 1. The van der Waals surface area contributed by atoms with Gasteiger partial charge in [-0.05, 0) is 11.4 Å². The predicted octanol–water partition coefficient (Wildman–Crippen LogP) is 2.82. The molecule has 1 amide bonds. The van der Waals surface area contributed by atoms with Crippen molar-refractivity contribution in [3.8, 4) is 0 Å². The van der Waals surface area contributed by atoms with Crippen molar-refractivity contribution >= 4 is 17.2 Å². The fourth-order valence-electron chi connectivity index (χ4n) is 2.55. The van der Waals surface area contributed by atoms with Gasteiger partial charge in [-0.3, -0.25) is 9.69 Å². The molecule has 2 aromatic heterocycles. The highest BCUT2D eigenvalue weighted by molar-refractivity contribution is 7.12. The van der Waals surface area contributed by atoms with Gasteiger partial charge in [-0.15, -0.1) is 11.3 Å². The molecule has 3 heterocycles. The largest absolute Gasteiger partial charge is 0.448 e. The third-order valence-corrected chi connectivity index (χ3v) is 4.70. The SMILES string of the molecule is CC(C)c1nc(CN2CCN(C(=O)c3cccs3)CC2)co1. The lowest BCUT2D eigenvalue weighted by molar-refractivity contribution is 0.0631. The molecule has 1 saturated heterocycles. The molecule has 5 nitrogen and oxygen atoms in total. The van der Waals surface area contributed by atoms with Crippen molar-refractivity contribution < 1.29 is 9.21 Å². The highest BCUT2D eigenvalue weighted by Gasteiger charge is 2.23. The summed E-state index contributed by atoms with van der Waals surface area (Å²) >= 11 is 1.51. The minimum atomic E-state index is 0.151. The summed E-state index contributed by atoms with van der Waals surface area (Å²) in [5.41, 5.74) is 0.974. The number of aromatic nitrogens is 1. The van der Waals surface area contributed by atoms with E-state index in [-0.39, 0.29) is 5.91 Å². The van der Waals surface area contributed by atoms with E-state index in [1.807, 2.05) is 22.4 Å². The Kier molecular flexibility index (Phi) is 4.59. The van der Waals surface area contributed by atoms with Gasteiger partial charge in [0.05, 0.1) is 10.6 Å². The monoisotopic (exact) mass is 319 g/mol. The Morgan fingerprint density at radius 1 is 1.36 bits per heavy atom. The Labute approximate surface area is 134 Å². The molecule has 2 aromatic rings. The zero-order valence-electron chi connectivity index (χ0n) is 13.0. The van der Waals surface area contributed by atoms with Crippen LogP contribution in [0.4, 0.5) is 0 Å². The summed E-state index contributed by atoms with van der Waals surface area (Å²) in [5.74, 6) is 1.26. The number of carbonyl (C=O) groups excluding carboxylic acids is 1. The van der Waals surface area contributed by atoms with E-state index in [0.29, 0.717) is 5.92 Å². The van der Waals surface area contributed by atoms with Gasteiger partial charge in [0.2, 0.25) is 0 Å². The Bertz CT molecular complexity index is 613.